The smallest absolute Gasteiger partial charge is 0.262 e. The predicted molar refractivity (Wildman–Crippen MR) is 92.9 cm³/mol. The van der Waals surface area contributed by atoms with Crippen LogP contribution in [0, 0.1) is 17.2 Å². The topological polar surface area (TPSA) is 65.8 Å². The molecule has 0 unspecified atom stereocenters. The first-order valence-corrected chi connectivity index (χ1v) is 8.15. The van der Waals surface area contributed by atoms with E-state index in [0.29, 0.717) is 16.8 Å². The number of amides is 1. The van der Waals surface area contributed by atoms with Gasteiger partial charge in [-0.3, -0.25) is 4.79 Å². The number of aromatic nitrogens is 1. The highest BCUT2D eigenvalue weighted by Crippen LogP contribution is 2.41. The lowest BCUT2D eigenvalue weighted by molar-refractivity contribution is -0.117. The maximum atomic E-state index is 12.5. The highest BCUT2D eigenvalue weighted by atomic mass is 35.5. The van der Waals surface area contributed by atoms with Gasteiger partial charge in [0.05, 0.1) is 11.7 Å². The normalized spacial score (nSPS) is 15.4. The molecular weight excluding hydrogens is 322 g/mol. The molecule has 1 aliphatic rings. The SMILES string of the molecule is N#C/C(=C\c1cccc(Cl)n1)C(=O)N[C@@H](c1ccccc1)C1CC1. The van der Waals surface area contributed by atoms with Crippen molar-refractivity contribution in [2.24, 2.45) is 5.92 Å². The Kier molecular flexibility index (Phi) is 4.93. The first-order chi connectivity index (χ1) is 11.7. The molecule has 120 valence electrons. The Hall–Kier alpha value is -2.64. The van der Waals surface area contributed by atoms with E-state index in [1.807, 2.05) is 36.4 Å². The molecule has 1 saturated carbocycles. The molecule has 1 atom stereocenters. The van der Waals surface area contributed by atoms with Crippen LogP contribution in [0.15, 0.2) is 54.1 Å². The number of rotatable bonds is 5. The molecule has 5 heteroatoms. The maximum Gasteiger partial charge on any atom is 0.262 e. The van der Waals surface area contributed by atoms with Gasteiger partial charge >= 0.3 is 0 Å². The summed E-state index contributed by atoms with van der Waals surface area (Å²) in [5.74, 6) is 0.0422. The van der Waals surface area contributed by atoms with Crippen LogP contribution in [-0.2, 0) is 4.79 Å². The fourth-order valence-electron chi connectivity index (χ4n) is 2.58. The summed E-state index contributed by atoms with van der Waals surface area (Å²) in [4.78, 5) is 16.6. The monoisotopic (exact) mass is 337 g/mol. The Labute approximate surface area is 145 Å². The summed E-state index contributed by atoms with van der Waals surface area (Å²) in [6.07, 6.45) is 3.62. The third-order valence-corrected chi connectivity index (χ3v) is 4.14. The Bertz CT molecular complexity index is 807. The van der Waals surface area contributed by atoms with Gasteiger partial charge in [0.2, 0.25) is 0 Å². The average molecular weight is 338 g/mol. The van der Waals surface area contributed by atoms with Crippen LogP contribution in [0.4, 0.5) is 0 Å². The van der Waals surface area contributed by atoms with Gasteiger partial charge < -0.3 is 5.32 Å². The molecule has 0 aliphatic heterocycles. The van der Waals surface area contributed by atoms with Crippen molar-refractivity contribution in [2.45, 2.75) is 18.9 Å². The largest absolute Gasteiger partial charge is 0.344 e. The quantitative estimate of drug-likeness (QED) is 0.511. The van der Waals surface area contributed by atoms with Crippen molar-refractivity contribution in [3.63, 3.8) is 0 Å². The molecule has 1 aliphatic carbocycles. The number of carbonyl (C=O) groups excluding carboxylic acids is 1. The molecular formula is C19H16ClN3O. The van der Waals surface area contributed by atoms with Gasteiger partial charge in [-0.25, -0.2) is 4.98 Å². The lowest BCUT2D eigenvalue weighted by atomic mass is 10.0. The van der Waals surface area contributed by atoms with Crippen LogP contribution in [0.3, 0.4) is 0 Å². The van der Waals surface area contributed by atoms with E-state index >= 15 is 0 Å². The Morgan fingerprint density at radius 1 is 1.25 bits per heavy atom. The number of carbonyl (C=O) groups is 1. The van der Waals surface area contributed by atoms with Crippen molar-refractivity contribution < 1.29 is 4.79 Å². The van der Waals surface area contributed by atoms with Crippen LogP contribution in [0.25, 0.3) is 6.08 Å². The second kappa shape index (κ2) is 7.29. The molecule has 0 spiro atoms. The van der Waals surface area contributed by atoms with Gasteiger partial charge in [-0.1, -0.05) is 48.0 Å². The van der Waals surface area contributed by atoms with Gasteiger partial charge in [0.25, 0.3) is 5.91 Å². The third kappa shape index (κ3) is 4.01. The molecule has 24 heavy (non-hydrogen) atoms. The van der Waals surface area contributed by atoms with Gasteiger partial charge in [-0.2, -0.15) is 5.26 Å². The van der Waals surface area contributed by atoms with Crippen molar-refractivity contribution in [3.05, 3.63) is 70.5 Å². The van der Waals surface area contributed by atoms with Crippen LogP contribution >= 0.6 is 11.6 Å². The van der Waals surface area contributed by atoms with Crippen LogP contribution < -0.4 is 5.32 Å². The fourth-order valence-corrected chi connectivity index (χ4v) is 2.75. The number of nitrogens with one attached hydrogen (secondary N) is 1. The molecule has 4 nitrogen and oxygen atoms in total. The van der Waals surface area contributed by atoms with Crippen molar-refractivity contribution >= 4 is 23.6 Å². The Balaban J connectivity index is 1.80. The number of pyridine rings is 1. The van der Waals surface area contributed by atoms with E-state index in [4.69, 9.17) is 11.6 Å². The zero-order valence-corrected chi connectivity index (χ0v) is 13.7. The number of hydrogen-bond acceptors (Lipinski definition) is 3. The van der Waals surface area contributed by atoms with Gasteiger partial charge in [0, 0.05) is 0 Å². The number of halogens is 1. The number of benzene rings is 1. The molecule has 0 bridgehead atoms. The molecule has 1 fully saturated rings. The molecule has 3 rings (SSSR count). The van der Waals surface area contributed by atoms with Crippen LogP contribution in [0.2, 0.25) is 5.15 Å². The third-order valence-electron chi connectivity index (χ3n) is 3.93. The van der Waals surface area contributed by atoms with Crippen molar-refractivity contribution in [2.75, 3.05) is 0 Å². The number of hydrogen-bond donors (Lipinski definition) is 1. The maximum absolute atomic E-state index is 12.5. The van der Waals surface area contributed by atoms with Gasteiger partial charge in [-0.05, 0) is 42.5 Å². The fraction of sp³-hybridized carbons (Fsp3) is 0.211. The highest BCUT2D eigenvalue weighted by Gasteiger charge is 2.33. The molecule has 1 aromatic carbocycles. The van der Waals surface area contributed by atoms with Crippen molar-refractivity contribution in [3.8, 4) is 6.07 Å². The summed E-state index contributed by atoms with van der Waals surface area (Å²) < 4.78 is 0. The van der Waals surface area contributed by atoms with Gasteiger partial charge in [0.1, 0.15) is 16.8 Å². The van der Waals surface area contributed by atoms with Crippen LogP contribution in [0.5, 0.6) is 0 Å². The minimum Gasteiger partial charge on any atom is -0.344 e. The summed E-state index contributed by atoms with van der Waals surface area (Å²) in [5, 5.41) is 12.6. The first-order valence-electron chi connectivity index (χ1n) is 7.77. The number of nitrogens with zero attached hydrogens (tertiary/aromatic N) is 2. The lowest BCUT2D eigenvalue weighted by Gasteiger charge is -2.18. The average Bonchev–Trinajstić information content (AvgIpc) is 3.43. The van der Waals surface area contributed by atoms with Gasteiger partial charge in [-0.15, -0.1) is 0 Å². The van der Waals surface area contributed by atoms with Gasteiger partial charge in [0.15, 0.2) is 0 Å². The summed E-state index contributed by atoms with van der Waals surface area (Å²) >= 11 is 5.84. The Morgan fingerprint density at radius 2 is 2.00 bits per heavy atom. The first kappa shape index (κ1) is 16.2. The molecule has 0 radical (unpaired) electrons. The number of nitriles is 1. The summed E-state index contributed by atoms with van der Waals surface area (Å²) in [6, 6.07) is 16.8. The molecule has 1 N–H and O–H groups in total. The van der Waals surface area contributed by atoms with E-state index < -0.39 is 0 Å². The molecule has 2 aromatic rings. The van der Waals surface area contributed by atoms with E-state index in [-0.39, 0.29) is 17.5 Å². The van der Waals surface area contributed by atoms with Crippen LogP contribution in [-0.4, -0.2) is 10.9 Å². The second-order valence-electron chi connectivity index (χ2n) is 5.75. The zero-order valence-electron chi connectivity index (χ0n) is 12.9. The standard InChI is InChI=1S/C19H16ClN3O/c20-17-8-4-7-16(22-17)11-15(12-21)19(24)23-18(14-9-10-14)13-5-2-1-3-6-13/h1-8,11,14,18H,9-10H2,(H,23,24)/b15-11+/t18-/m0/s1. The van der Waals surface area contributed by atoms with E-state index in [1.165, 1.54) is 6.08 Å². The van der Waals surface area contributed by atoms with Crippen LogP contribution in [0.1, 0.15) is 30.1 Å². The van der Waals surface area contributed by atoms with Crippen molar-refractivity contribution in [1.82, 2.24) is 10.3 Å². The summed E-state index contributed by atoms with van der Waals surface area (Å²) in [7, 11) is 0. The molecule has 1 aromatic heterocycles. The molecule has 1 heterocycles. The minimum atomic E-state index is -0.389. The molecule has 0 saturated heterocycles. The summed E-state index contributed by atoms with van der Waals surface area (Å²) in [5.41, 5.74) is 1.56. The lowest BCUT2D eigenvalue weighted by Crippen LogP contribution is -2.30. The van der Waals surface area contributed by atoms with Crippen molar-refractivity contribution in [1.29, 1.82) is 5.26 Å². The van der Waals surface area contributed by atoms with E-state index in [1.54, 1.807) is 18.2 Å². The predicted octanol–water partition coefficient (Wildman–Crippen LogP) is 3.91. The van der Waals surface area contributed by atoms with E-state index in [2.05, 4.69) is 10.3 Å². The van der Waals surface area contributed by atoms with E-state index in [0.717, 1.165) is 18.4 Å². The zero-order chi connectivity index (χ0) is 16.9. The van der Waals surface area contributed by atoms with E-state index in [9.17, 15) is 10.1 Å². The highest BCUT2D eigenvalue weighted by molar-refractivity contribution is 6.29. The molecule has 1 amide bonds. The Morgan fingerprint density at radius 3 is 2.62 bits per heavy atom. The second-order valence-corrected chi connectivity index (χ2v) is 6.14. The minimum absolute atomic E-state index is 0.0198. The summed E-state index contributed by atoms with van der Waals surface area (Å²) in [6.45, 7) is 0.